The average Bonchev–Trinajstić information content (AvgIpc) is 2.65. The van der Waals surface area contributed by atoms with Crippen LogP contribution >= 0.6 is 0 Å². The zero-order valence-electron chi connectivity index (χ0n) is 12.5. The molecule has 1 N–H and O–H groups in total. The van der Waals surface area contributed by atoms with E-state index in [1.54, 1.807) is 0 Å². The lowest BCUT2D eigenvalue weighted by Crippen LogP contribution is -2.24. The first kappa shape index (κ1) is 14.2. The van der Waals surface area contributed by atoms with Gasteiger partial charge in [-0.2, -0.15) is 0 Å². The predicted molar refractivity (Wildman–Crippen MR) is 82.8 cm³/mol. The molecule has 1 unspecified atom stereocenters. The first-order chi connectivity index (χ1) is 9.20. The van der Waals surface area contributed by atoms with Crippen molar-refractivity contribution in [1.29, 1.82) is 0 Å². The maximum absolute atomic E-state index is 4.36. The summed E-state index contributed by atoms with van der Waals surface area (Å²) in [4.78, 5) is 6.86. The fourth-order valence-corrected chi connectivity index (χ4v) is 2.95. The van der Waals surface area contributed by atoms with Gasteiger partial charge in [0.2, 0.25) is 0 Å². The van der Waals surface area contributed by atoms with Crippen LogP contribution < -0.4 is 10.2 Å². The smallest absolute Gasteiger partial charge is 0.0573 e. The fraction of sp³-hybridized carbons (Fsp3) is 0.688. The summed E-state index contributed by atoms with van der Waals surface area (Å²) in [7, 11) is 0. The molecule has 0 bridgehead atoms. The number of rotatable bonds is 4. The highest BCUT2D eigenvalue weighted by atomic mass is 15.1. The van der Waals surface area contributed by atoms with E-state index in [-0.39, 0.29) is 0 Å². The number of nitrogens with zero attached hydrogens (tertiary/aromatic N) is 2. The van der Waals surface area contributed by atoms with E-state index >= 15 is 0 Å². The molecule has 1 fully saturated rings. The molecule has 0 amide bonds. The van der Waals surface area contributed by atoms with Gasteiger partial charge in [-0.1, -0.05) is 13.8 Å². The van der Waals surface area contributed by atoms with E-state index in [4.69, 9.17) is 0 Å². The van der Waals surface area contributed by atoms with E-state index in [9.17, 15) is 0 Å². The maximum atomic E-state index is 4.36. The molecule has 0 radical (unpaired) electrons. The third-order valence-electron chi connectivity index (χ3n) is 4.19. The summed E-state index contributed by atoms with van der Waals surface area (Å²) in [5, 5.41) is 3.34. The summed E-state index contributed by atoms with van der Waals surface area (Å²) < 4.78 is 0. The van der Waals surface area contributed by atoms with Gasteiger partial charge in [0.25, 0.3) is 0 Å². The molecular formula is C16H27N3. The van der Waals surface area contributed by atoms with Crippen LogP contribution in [0.25, 0.3) is 0 Å². The molecule has 1 aromatic rings. The van der Waals surface area contributed by atoms with E-state index in [1.807, 2.05) is 12.4 Å². The Bertz CT molecular complexity index is 389. The van der Waals surface area contributed by atoms with Gasteiger partial charge in [-0.15, -0.1) is 0 Å². The molecule has 19 heavy (non-hydrogen) atoms. The number of aromatic nitrogens is 1. The van der Waals surface area contributed by atoms with Crippen LogP contribution in [-0.2, 0) is 0 Å². The van der Waals surface area contributed by atoms with Crippen molar-refractivity contribution < 1.29 is 0 Å². The quantitative estimate of drug-likeness (QED) is 0.894. The molecule has 1 saturated heterocycles. The Hall–Kier alpha value is -1.25. The van der Waals surface area contributed by atoms with Crippen molar-refractivity contribution in [3.8, 4) is 0 Å². The maximum Gasteiger partial charge on any atom is 0.0573 e. The van der Waals surface area contributed by atoms with Crippen LogP contribution in [0.3, 0.4) is 0 Å². The van der Waals surface area contributed by atoms with Crippen molar-refractivity contribution in [3.63, 3.8) is 0 Å². The van der Waals surface area contributed by atoms with Gasteiger partial charge in [-0.25, -0.2) is 0 Å². The van der Waals surface area contributed by atoms with E-state index < -0.39 is 0 Å². The summed E-state index contributed by atoms with van der Waals surface area (Å²) >= 11 is 0. The molecule has 106 valence electrons. The number of nitrogens with one attached hydrogen (secondary N) is 1. The Balaban J connectivity index is 2.03. The second kappa shape index (κ2) is 6.78. The minimum Gasteiger partial charge on any atom is -0.384 e. The molecule has 3 nitrogen and oxygen atoms in total. The predicted octanol–water partition coefficient (Wildman–Crippen LogP) is 3.78. The number of hydrogen-bond acceptors (Lipinski definition) is 3. The van der Waals surface area contributed by atoms with Crippen LogP contribution in [0.5, 0.6) is 0 Å². The minimum atomic E-state index is 0.811. The molecule has 2 rings (SSSR count). The first-order valence-electron chi connectivity index (χ1n) is 7.64. The molecular weight excluding hydrogens is 234 g/mol. The van der Waals surface area contributed by atoms with Gasteiger partial charge in [0.05, 0.1) is 23.8 Å². The number of anilines is 2. The van der Waals surface area contributed by atoms with Gasteiger partial charge in [-0.05, 0) is 44.1 Å². The monoisotopic (exact) mass is 261 g/mol. The molecule has 0 spiro atoms. The molecule has 2 heterocycles. The zero-order chi connectivity index (χ0) is 13.7. The van der Waals surface area contributed by atoms with Gasteiger partial charge in [0, 0.05) is 19.6 Å². The Morgan fingerprint density at radius 3 is 2.89 bits per heavy atom. The summed E-state index contributed by atoms with van der Waals surface area (Å²) in [5.41, 5.74) is 2.40. The second-order valence-corrected chi connectivity index (χ2v) is 5.88. The van der Waals surface area contributed by atoms with Crippen molar-refractivity contribution >= 4 is 11.4 Å². The number of pyridine rings is 1. The van der Waals surface area contributed by atoms with Gasteiger partial charge in [-0.3, -0.25) is 4.98 Å². The Labute approximate surface area is 117 Å². The summed E-state index contributed by atoms with van der Waals surface area (Å²) in [6.07, 6.45) is 7.88. The molecule has 0 aromatic carbocycles. The van der Waals surface area contributed by atoms with Crippen LogP contribution in [0.1, 0.15) is 40.0 Å². The summed E-state index contributed by atoms with van der Waals surface area (Å²) in [5.74, 6) is 1.70. The standard InChI is InChI=1S/C16H27N3/c1-4-18-15-10-16(12-17-11-15)19-8-5-6-14(7-9-19)13(2)3/h10-14,18H,4-9H2,1-3H3. The third kappa shape index (κ3) is 3.85. The Kier molecular flexibility index (Phi) is 5.06. The van der Waals surface area contributed by atoms with Crippen molar-refractivity contribution in [2.24, 2.45) is 11.8 Å². The molecule has 0 saturated carbocycles. The van der Waals surface area contributed by atoms with Crippen molar-refractivity contribution in [2.75, 3.05) is 29.9 Å². The van der Waals surface area contributed by atoms with E-state index in [0.29, 0.717) is 0 Å². The van der Waals surface area contributed by atoms with Crippen molar-refractivity contribution in [2.45, 2.75) is 40.0 Å². The second-order valence-electron chi connectivity index (χ2n) is 5.88. The molecule has 3 heteroatoms. The lowest BCUT2D eigenvalue weighted by molar-refractivity contribution is 0.351. The van der Waals surface area contributed by atoms with Gasteiger partial charge in [0.15, 0.2) is 0 Å². The lowest BCUT2D eigenvalue weighted by Gasteiger charge is -2.23. The molecule has 1 aliphatic heterocycles. The largest absolute Gasteiger partial charge is 0.384 e. The van der Waals surface area contributed by atoms with Crippen LogP contribution in [0.4, 0.5) is 11.4 Å². The molecule has 1 atom stereocenters. The van der Waals surface area contributed by atoms with E-state index in [0.717, 1.165) is 24.1 Å². The molecule has 0 aliphatic carbocycles. The van der Waals surface area contributed by atoms with Gasteiger partial charge in [0.1, 0.15) is 0 Å². The highest BCUT2D eigenvalue weighted by Crippen LogP contribution is 2.27. The van der Waals surface area contributed by atoms with Crippen molar-refractivity contribution in [1.82, 2.24) is 4.98 Å². The van der Waals surface area contributed by atoms with Crippen LogP contribution in [0, 0.1) is 11.8 Å². The lowest BCUT2D eigenvalue weighted by atomic mass is 9.89. The zero-order valence-corrected chi connectivity index (χ0v) is 12.5. The Morgan fingerprint density at radius 1 is 1.32 bits per heavy atom. The van der Waals surface area contributed by atoms with E-state index in [2.05, 4.69) is 42.0 Å². The third-order valence-corrected chi connectivity index (χ3v) is 4.19. The summed E-state index contributed by atoms with van der Waals surface area (Å²) in [6.45, 7) is 10.1. The van der Waals surface area contributed by atoms with Crippen LogP contribution in [0.15, 0.2) is 18.5 Å². The highest BCUT2D eigenvalue weighted by Gasteiger charge is 2.19. The normalized spacial score (nSPS) is 20.4. The SMILES string of the molecule is CCNc1cncc(N2CCCC(C(C)C)CC2)c1. The van der Waals surface area contributed by atoms with Crippen LogP contribution in [0.2, 0.25) is 0 Å². The first-order valence-corrected chi connectivity index (χ1v) is 7.64. The van der Waals surface area contributed by atoms with Crippen molar-refractivity contribution in [3.05, 3.63) is 18.5 Å². The van der Waals surface area contributed by atoms with Crippen LogP contribution in [-0.4, -0.2) is 24.6 Å². The topological polar surface area (TPSA) is 28.2 Å². The Morgan fingerprint density at radius 2 is 2.16 bits per heavy atom. The van der Waals surface area contributed by atoms with Gasteiger partial charge < -0.3 is 10.2 Å². The van der Waals surface area contributed by atoms with E-state index in [1.165, 1.54) is 38.0 Å². The fourth-order valence-electron chi connectivity index (χ4n) is 2.95. The molecule has 1 aromatic heterocycles. The van der Waals surface area contributed by atoms with Gasteiger partial charge >= 0.3 is 0 Å². The average molecular weight is 261 g/mol. The summed E-state index contributed by atoms with van der Waals surface area (Å²) in [6, 6.07) is 2.23. The highest BCUT2D eigenvalue weighted by molar-refractivity contribution is 5.55. The minimum absolute atomic E-state index is 0.811. The number of hydrogen-bond donors (Lipinski definition) is 1. The molecule has 1 aliphatic rings.